The van der Waals surface area contributed by atoms with Crippen LogP contribution in [0.4, 0.5) is 0 Å². The first kappa shape index (κ1) is 16.8. The van der Waals surface area contributed by atoms with Gasteiger partial charge in [-0.05, 0) is 48.5 Å². The SMILES string of the molecule is COC(C)(N)OC(C)(C)C(C)(C)OC(C)(C)C. The molecule has 104 valence electrons. The van der Waals surface area contributed by atoms with Crippen molar-refractivity contribution in [3.8, 4) is 0 Å². The lowest BCUT2D eigenvalue weighted by atomic mass is 9.88. The molecule has 0 bridgehead atoms. The molecule has 0 aromatic heterocycles. The smallest absolute Gasteiger partial charge is 0.222 e. The quantitative estimate of drug-likeness (QED) is 0.759. The molecule has 0 heterocycles. The van der Waals surface area contributed by atoms with Crippen molar-refractivity contribution in [2.45, 2.75) is 78.1 Å². The van der Waals surface area contributed by atoms with Crippen molar-refractivity contribution < 1.29 is 14.2 Å². The Labute approximate surface area is 106 Å². The van der Waals surface area contributed by atoms with Crippen molar-refractivity contribution in [1.29, 1.82) is 0 Å². The summed E-state index contributed by atoms with van der Waals surface area (Å²) in [6.45, 7) is 15.6. The Balaban J connectivity index is 4.91. The molecular weight excluding hydrogens is 218 g/mol. The van der Waals surface area contributed by atoms with Crippen LogP contribution in [0.1, 0.15) is 55.4 Å². The van der Waals surface area contributed by atoms with Gasteiger partial charge in [-0.2, -0.15) is 0 Å². The van der Waals surface area contributed by atoms with Crippen LogP contribution in [0.5, 0.6) is 0 Å². The van der Waals surface area contributed by atoms with Crippen molar-refractivity contribution in [3.05, 3.63) is 0 Å². The molecule has 1 unspecified atom stereocenters. The number of ether oxygens (including phenoxy) is 3. The first-order chi connectivity index (χ1) is 7.22. The minimum absolute atomic E-state index is 0.248. The van der Waals surface area contributed by atoms with Crippen molar-refractivity contribution >= 4 is 0 Å². The van der Waals surface area contributed by atoms with Crippen LogP contribution in [0.3, 0.4) is 0 Å². The molecule has 0 fully saturated rings. The molecule has 2 N–H and O–H groups in total. The van der Waals surface area contributed by atoms with Gasteiger partial charge in [-0.25, -0.2) is 0 Å². The lowest BCUT2D eigenvalue weighted by molar-refractivity contribution is -0.311. The highest BCUT2D eigenvalue weighted by atomic mass is 16.7. The van der Waals surface area contributed by atoms with Gasteiger partial charge in [0, 0.05) is 14.0 Å². The number of hydrogen-bond donors (Lipinski definition) is 1. The topological polar surface area (TPSA) is 53.7 Å². The van der Waals surface area contributed by atoms with Crippen molar-refractivity contribution in [2.24, 2.45) is 5.73 Å². The van der Waals surface area contributed by atoms with Crippen LogP contribution in [0.2, 0.25) is 0 Å². The Morgan fingerprint density at radius 1 is 0.706 bits per heavy atom. The van der Waals surface area contributed by atoms with Crippen molar-refractivity contribution in [1.82, 2.24) is 0 Å². The van der Waals surface area contributed by atoms with E-state index in [-0.39, 0.29) is 5.60 Å². The maximum Gasteiger partial charge on any atom is 0.222 e. The van der Waals surface area contributed by atoms with Gasteiger partial charge in [-0.3, -0.25) is 5.73 Å². The van der Waals surface area contributed by atoms with Gasteiger partial charge in [-0.1, -0.05) is 0 Å². The maximum atomic E-state index is 6.04. The van der Waals surface area contributed by atoms with Gasteiger partial charge in [-0.15, -0.1) is 0 Å². The summed E-state index contributed by atoms with van der Waals surface area (Å²) in [5.74, 6) is -1.12. The first-order valence-electron chi connectivity index (χ1n) is 5.97. The van der Waals surface area contributed by atoms with Gasteiger partial charge in [0.2, 0.25) is 5.91 Å². The molecular formula is C13H29NO3. The molecule has 0 aromatic rings. The third kappa shape index (κ3) is 5.34. The molecule has 0 saturated heterocycles. The Morgan fingerprint density at radius 3 is 1.35 bits per heavy atom. The van der Waals surface area contributed by atoms with E-state index in [1.165, 1.54) is 7.11 Å². The van der Waals surface area contributed by atoms with Gasteiger partial charge in [0.1, 0.15) is 0 Å². The van der Waals surface area contributed by atoms with E-state index in [1.54, 1.807) is 6.92 Å². The van der Waals surface area contributed by atoms with Crippen molar-refractivity contribution in [3.63, 3.8) is 0 Å². The number of methoxy groups -OCH3 is 1. The van der Waals surface area contributed by atoms with Gasteiger partial charge >= 0.3 is 0 Å². The lowest BCUT2D eigenvalue weighted by Gasteiger charge is -2.47. The van der Waals surface area contributed by atoms with Crippen molar-refractivity contribution in [2.75, 3.05) is 7.11 Å². The summed E-state index contributed by atoms with van der Waals surface area (Å²) in [5.41, 5.74) is 4.54. The third-order valence-electron chi connectivity index (χ3n) is 2.87. The Morgan fingerprint density at radius 2 is 1.06 bits per heavy atom. The largest absolute Gasteiger partial charge is 0.367 e. The zero-order chi connectivity index (χ0) is 14.1. The van der Waals surface area contributed by atoms with Crippen LogP contribution in [-0.4, -0.2) is 29.8 Å². The van der Waals surface area contributed by atoms with E-state index in [4.69, 9.17) is 19.9 Å². The summed E-state index contributed by atoms with van der Waals surface area (Å²) < 4.78 is 17.0. The van der Waals surface area contributed by atoms with Gasteiger partial charge < -0.3 is 14.2 Å². The highest BCUT2D eigenvalue weighted by molar-refractivity contribution is 4.92. The molecule has 0 aliphatic heterocycles. The predicted molar refractivity (Wildman–Crippen MR) is 69.7 cm³/mol. The van der Waals surface area contributed by atoms with Crippen LogP contribution in [0.25, 0.3) is 0 Å². The van der Waals surface area contributed by atoms with Gasteiger partial charge in [0.15, 0.2) is 0 Å². The molecule has 0 aromatic carbocycles. The molecule has 4 heteroatoms. The lowest BCUT2D eigenvalue weighted by Crippen LogP contribution is -2.58. The Kier molecular flexibility index (Phi) is 4.80. The number of hydrogen-bond acceptors (Lipinski definition) is 4. The Bertz CT molecular complexity index is 252. The predicted octanol–water partition coefficient (Wildman–Crippen LogP) is 2.65. The molecule has 0 aliphatic carbocycles. The maximum absolute atomic E-state index is 6.04. The molecule has 4 nitrogen and oxygen atoms in total. The van der Waals surface area contributed by atoms with E-state index in [1.807, 2.05) is 48.5 Å². The van der Waals surface area contributed by atoms with E-state index >= 15 is 0 Å². The number of rotatable bonds is 5. The fourth-order valence-electron chi connectivity index (χ4n) is 1.56. The molecule has 0 spiro atoms. The minimum atomic E-state index is -1.12. The molecule has 0 aliphatic rings. The molecule has 0 rings (SSSR count). The van der Waals surface area contributed by atoms with Crippen LogP contribution in [-0.2, 0) is 14.2 Å². The first-order valence-corrected chi connectivity index (χ1v) is 5.97. The van der Waals surface area contributed by atoms with Crippen LogP contribution >= 0.6 is 0 Å². The molecule has 0 saturated carbocycles. The fraction of sp³-hybridized carbons (Fsp3) is 1.00. The molecule has 0 amide bonds. The monoisotopic (exact) mass is 247 g/mol. The second-order valence-electron chi connectivity index (χ2n) is 6.56. The van der Waals surface area contributed by atoms with E-state index < -0.39 is 17.1 Å². The second-order valence-corrected chi connectivity index (χ2v) is 6.56. The highest BCUT2D eigenvalue weighted by Crippen LogP contribution is 2.35. The normalized spacial score (nSPS) is 18.0. The standard InChI is InChI=1S/C13H29NO3/c1-10(2,3)16-11(4,5)12(6,7)17-13(8,14)15-9/h14H2,1-9H3. The fourth-order valence-corrected chi connectivity index (χ4v) is 1.56. The summed E-state index contributed by atoms with van der Waals surface area (Å²) in [4.78, 5) is 0. The summed E-state index contributed by atoms with van der Waals surface area (Å²) in [6.07, 6.45) is 0. The van der Waals surface area contributed by atoms with Crippen LogP contribution in [0.15, 0.2) is 0 Å². The molecule has 1 atom stereocenters. The summed E-state index contributed by atoms with van der Waals surface area (Å²) in [7, 11) is 1.52. The Hall–Kier alpha value is -0.160. The van der Waals surface area contributed by atoms with E-state index in [2.05, 4.69) is 0 Å². The van der Waals surface area contributed by atoms with E-state index in [0.29, 0.717) is 0 Å². The zero-order valence-electron chi connectivity index (χ0n) is 12.8. The summed E-state index contributed by atoms with van der Waals surface area (Å²) in [6, 6.07) is 0. The van der Waals surface area contributed by atoms with Crippen LogP contribution in [0, 0.1) is 0 Å². The molecule has 17 heavy (non-hydrogen) atoms. The van der Waals surface area contributed by atoms with E-state index in [9.17, 15) is 0 Å². The average molecular weight is 247 g/mol. The number of nitrogens with two attached hydrogens (primary N) is 1. The average Bonchev–Trinajstić information content (AvgIpc) is 1.97. The van der Waals surface area contributed by atoms with E-state index in [0.717, 1.165) is 0 Å². The third-order valence-corrected chi connectivity index (χ3v) is 2.87. The minimum Gasteiger partial charge on any atom is -0.367 e. The van der Waals surface area contributed by atoms with Gasteiger partial charge in [0.05, 0.1) is 16.8 Å². The zero-order valence-corrected chi connectivity index (χ0v) is 12.8. The molecule has 0 radical (unpaired) electrons. The second kappa shape index (κ2) is 4.84. The van der Waals surface area contributed by atoms with Crippen LogP contribution < -0.4 is 5.73 Å². The summed E-state index contributed by atoms with van der Waals surface area (Å²) >= 11 is 0. The highest BCUT2D eigenvalue weighted by Gasteiger charge is 2.45. The summed E-state index contributed by atoms with van der Waals surface area (Å²) in [5, 5.41) is 0. The van der Waals surface area contributed by atoms with Gasteiger partial charge in [0.25, 0.3) is 0 Å².